The van der Waals surface area contributed by atoms with E-state index in [9.17, 15) is 5.11 Å². The number of aliphatic hydroxyl groups excluding tert-OH is 1. The van der Waals surface area contributed by atoms with Crippen molar-refractivity contribution < 1.29 is 9.67 Å². The molecule has 1 aromatic carbocycles. The van der Waals surface area contributed by atoms with Crippen LogP contribution in [-0.2, 0) is 0 Å². The summed E-state index contributed by atoms with van der Waals surface area (Å²) in [6.07, 6.45) is 9.16. The molecule has 108 valence electrons. The lowest BCUT2D eigenvalue weighted by molar-refractivity contribution is -0.571. The third-order valence-corrected chi connectivity index (χ3v) is 3.01. The minimum atomic E-state index is 0.214. The number of hydrogen-bond donors (Lipinski definition) is 1. The van der Waals surface area contributed by atoms with E-state index in [0.717, 1.165) is 17.0 Å². The van der Waals surface area contributed by atoms with Gasteiger partial charge in [0, 0.05) is 31.9 Å². The van der Waals surface area contributed by atoms with Gasteiger partial charge in [-0.15, -0.1) is 0 Å². The molecule has 1 aromatic heterocycles. The van der Waals surface area contributed by atoms with E-state index < -0.39 is 0 Å². The van der Waals surface area contributed by atoms with E-state index >= 15 is 0 Å². The average molecular weight is 282 g/mol. The Morgan fingerprint density at radius 1 is 1.24 bits per heavy atom. The second-order valence-electron chi connectivity index (χ2n) is 4.96. The predicted octanol–water partition coefficient (Wildman–Crippen LogP) is 2.72. The van der Waals surface area contributed by atoms with Crippen LogP contribution >= 0.6 is 0 Å². The van der Waals surface area contributed by atoms with Gasteiger partial charge in [-0.25, -0.2) is 4.98 Å². The first-order valence-electron chi connectivity index (χ1n) is 6.75. The predicted molar refractivity (Wildman–Crippen MR) is 85.1 cm³/mol. The van der Waals surface area contributed by atoms with Gasteiger partial charge < -0.3 is 10.0 Å². The van der Waals surface area contributed by atoms with Gasteiger partial charge in [-0.2, -0.15) is 4.57 Å². The highest BCUT2D eigenvalue weighted by molar-refractivity contribution is 5.66. The number of hydrogen-bond acceptors (Lipinski definition) is 3. The zero-order valence-corrected chi connectivity index (χ0v) is 12.6. The number of aliphatic hydroxyl groups is 1. The molecule has 0 unspecified atom stereocenters. The first kappa shape index (κ1) is 14.8. The standard InChI is InChI=1S/C17H19N3O/c1-14-16(9-11-19(2)3)20(12-10-18-14)13-17(21)15-7-5-4-6-8-15/h4-13H,1-3H3/p+1. The van der Waals surface area contributed by atoms with Crippen molar-refractivity contribution in [3.8, 4) is 0 Å². The molecule has 1 heterocycles. The van der Waals surface area contributed by atoms with Crippen LogP contribution in [0.3, 0.4) is 0 Å². The van der Waals surface area contributed by atoms with E-state index in [2.05, 4.69) is 4.98 Å². The molecular formula is C17H20N3O+. The number of rotatable bonds is 4. The van der Waals surface area contributed by atoms with Crippen molar-refractivity contribution in [2.45, 2.75) is 6.92 Å². The molecule has 21 heavy (non-hydrogen) atoms. The molecule has 0 saturated heterocycles. The molecule has 0 aliphatic rings. The Hall–Kier alpha value is -2.62. The molecule has 4 nitrogen and oxygen atoms in total. The van der Waals surface area contributed by atoms with Gasteiger partial charge >= 0.3 is 0 Å². The SMILES string of the molecule is Cc1ncc[n+](/C=C(\O)c2ccccc2)c1/C=C/N(C)C. The summed E-state index contributed by atoms with van der Waals surface area (Å²) in [5.74, 6) is 0.214. The molecule has 0 saturated carbocycles. The van der Waals surface area contributed by atoms with Gasteiger partial charge in [0.1, 0.15) is 5.69 Å². The zero-order chi connectivity index (χ0) is 15.2. The van der Waals surface area contributed by atoms with E-state index in [1.165, 1.54) is 0 Å². The quantitative estimate of drug-likeness (QED) is 0.692. The topological polar surface area (TPSA) is 40.2 Å². The van der Waals surface area contributed by atoms with Gasteiger partial charge in [0.05, 0.1) is 6.20 Å². The highest BCUT2D eigenvalue weighted by Crippen LogP contribution is 2.10. The van der Waals surface area contributed by atoms with Crippen molar-refractivity contribution in [2.24, 2.45) is 0 Å². The van der Waals surface area contributed by atoms with Crippen LogP contribution in [0.15, 0.2) is 48.9 Å². The normalized spacial score (nSPS) is 11.9. The van der Waals surface area contributed by atoms with E-state index in [-0.39, 0.29) is 5.76 Å². The first-order chi connectivity index (χ1) is 10.1. The van der Waals surface area contributed by atoms with Crippen molar-refractivity contribution in [3.63, 3.8) is 0 Å². The highest BCUT2D eigenvalue weighted by Gasteiger charge is 2.12. The van der Waals surface area contributed by atoms with Crippen LogP contribution in [-0.4, -0.2) is 29.1 Å². The maximum absolute atomic E-state index is 10.3. The van der Waals surface area contributed by atoms with E-state index in [1.807, 2.05) is 79.3 Å². The fraction of sp³-hybridized carbons (Fsp3) is 0.176. The number of nitrogens with zero attached hydrogens (tertiary/aromatic N) is 3. The maximum Gasteiger partial charge on any atom is 0.233 e. The molecule has 0 fully saturated rings. The lowest BCUT2D eigenvalue weighted by Crippen LogP contribution is -2.31. The van der Waals surface area contributed by atoms with Gasteiger partial charge in [-0.1, -0.05) is 30.3 Å². The van der Waals surface area contributed by atoms with Gasteiger partial charge in [-0.05, 0) is 6.92 Å². The number of benzene rings is 1. The molecule has 2 aromatic rings. The second-order valence-corrected chi connectivity index (χ2v) is 4.96. The third kappa shape index (κ3) is 3.92. The number of aromatic nitrogens is 2. The van der Waals surface area contributed by atoms with Gasteiger partial charge in [0.15, 0.2) is 12.0 Å². The van der Waals surface area contributed by atoms with Crippen molar-refractivity contribution in [3.05, 3.63) is 65.9 Å². The molecule has 0 bridgehead atoms. The summed E-state index contributed by atoms with van der Waals surface area (Å²) in [4.78, 5) is 6.25. The largest absolute Gasteiger partial charge is 0.502 e. The fourth-order valence-corrected chi connectivity index (χ4v) is 1.90. The summed E-state index contributed by atoms with van der Waals surface area (Å²) in [6, 6.07) is 9.46. The summed E-state index contributed by atoms with van der Waals surface area (Å²) in [6.45, 7) is 1.94. The van der Waals surface area contributed by atoms with Crippen LogP contribution in [0.4, 0.5) is 0 Å². The summed E-state index contributed by atoms with van der Waals surface area (Å²) in [5.41, 5.74) is 2.60. The first-order valence-corrected chi connectivity index (χ1v) is 6.75. The Morgan fingerprint density at radius 3 is 2.62 bits per heavy atom. The molecule has 0 spiro atoms. The van der Waals surface area contributed by atoms with Crippen molar-refractivity contribution in [1.82, 2.24) is 9.88 Å². The van der Waals surface area contributed by atoms with Crippen LogP contribution in [0.2, 0.25) is 0 Å². The summed E-state index contributed by atoms with van der Waals surface area (Å²) in [7, 11) is 3.92. The summed E-state index contributed by atoms with van der Waals surface area (Å²) >= 11 is 0. The molecule has 0 amide bonds. The minimum Gasteiger partial charge on any atom is -0.502 e. The Labute approximate surface area is 125 Å². The van der Waals surface area contributed by atoms with Crippen molar-refractivity contribution >= 4 is 18.0 Å². The third-order valence-electron chi connectivity index (χ3n) is 3.01. The second kappa shape index (κ2) is 6.70. The monoisotopic (exact) mass is 282 g/mol. The van der Waals surface area contributed by atoms with Crippen molar-refractivity contribution in [1.29, 1.82) is 0 Å². The van der Waals surface area contributed by atoms with Crippen LogP contribution in [0.25, 0.3) is 18.0 Å². The zero-order valence-electron chi connectivity index (χ0n) is 12.6. The average Bonchev–Trinajstić information content (AvgIpc) is 2.47. The summed E-state index contributed by atoms with van der Waals surface area (Å²) < 4.78 is 1.87. The Morgan fingerprint density at radius 2 is 1.95 bits per heavy atom. The van der Waals surface area contributed by atoms with Crippen LogP contribution < -0.4 is 4.57 Å². The van der Waals surface area contributed by atoms with Crippen LogP contribution in [0.1, 0.15) is 17.0 Å². The fourth-order valence-electron chi connectivity index (χ4n) is 1.90. The van der Waals surface area contributed by atoms with E-state index in [1.54, 1.807) is 12.4 Å². The number of aryl methyl sites for hydroxylation is 1. The molecular weight excluding hydrogens is 262 g/mol. The Kier molecular flexibility index (Phi) is 4.72. The molecule has 2 rings (SSSR count). The van der Waals surface area contributed by atoms with Crippen LogP contribution in [0, 0.1) is 6.92 Å². The van der Waals surface area contributed by atoms with Gasteiger partial charge in [0.25, 0.3) is 0 Å². The van der Waals surface area contributed by atoms with E-state index in [0.29, 0.717) is 0 Å². The molecule has 0 aliphatic carbocycles. The Bertz CT molecular complexity index is 661. The molecule has 4 heteroatoms. The maximum atomic E-state index is 10.3. The van der Waals surface area contributed by atoms with Gasteiger partial charge in [0.2, 0.25) is 11.9 Å². The van der Waals surface area contributed by atoms with Crippen LogP contribution in [0.5, 0.6) is 0 Å². The Balaban J connectivity index is 2.42. The summed E-state index contributed by atoms with van der Waals surface area (Å²) in [5, 5.41) is 10.3. The lowest BCUT2D eigenvalue weighted by atomic mass is 10.2. The van der Waals surface area contributed by atoms with E-state index in [4.69, 9.17) is 0 Å². The smallest absolute Gasteiger partial charge is 0.233 e. The molecule has 0 aliphatic heterocycles. The molecule has 1 N–H and O–H groups in total. The van der Waals surface area contributed by atoms with Crippen molar-refractivity contribution in [2.75, 3.05) is 14.1 Å². The minimum absolute atomic E-state index is 0.214. The molecule has 0 atom stereocenters. The highest BCUT2D eigenvalue weighted by atomic mass is 16.3. The van der Waals surface area contributed by atoms with Gasteiger partial charge in [-0.3, -0.25) is 0 Å². The molecule has 0 radical (unpaired) electrons. The lowest BCUT2D eigenvalue weighted by Gasteiger charge is -2.04.